The maximum absolute atomic E-state index is 13.3. The number of amides is 1. The molecular formula is C23H32ClN3O3S. The molecule has 3 rings (SSSR count). The molecular weight excluding hydrogens is 434 g/mol. The quantitative estimate of drug-likeness (QED) is 0.604. The van der Waals surface area contributed by atoms with E-state index in [1.54, 1.807) is 30.6 Å². The van der Waals surface area contributed by atoms with E-state index < -0.39 is 0 Å². The van der Waals surface area contributed by atoms with Crippen LogP contribution in [-0.4, -0.2) is 50.5 Å². The van der Waals surface area contributed by atoms with Crippen LogP contribution in [0.4, 0.5) is 5.69 Å². The van der Waals surface area contributed by atoms with Crippen molar-refractivity contribution in [1.29, 1.82) is 0 Å². The summed E-state index contributed by atoms with van der Waals surface area (Å²) in [5.41, 5.74) is 1.25. The number of thiazole rings is 1. The normalized spacial score (nSPS) is 17.4. The standard InChI is InChI=1S/C23H32ClN3O3S/c1-23(2,3)20-15-27(14-17-7-6-11-30-17)22(31-20)25-21(28)18-13-16(24)8-9-19(18)26(4)10-12-29-5/h8-9,13,15,17H,6-7,10-12,14H2,1-5H3/b25-22-/t17-/m1/s1. The minimum Gasteiger partial charge on any atom is -0.383 e. The number of ether oxygens (including phenoxy) is 2. The lowest BCUT2D eigenvalue weighted by Crippen LogP contribution is -2.25. The van der Waals surface area contributed by atoms with Crippen molar-refractivity contribution in [2.45, 2.75) is 51.7 Å². The van der Waals surface area contributed by atoms with E-state index in [1.165, 1.54) is 4.88 Å². The lowest BCUT2D eigenvalue weighted by Gasteiger charge is -2.21. The predicted molar refractivity (Wildman–Crippen MR) is 126 cm³/mol. The highest BCUT2D eigenvalue weighted by atomic mass is 35.5. The zero-order chi connectivity index (χ0) is 22.6. The molecule has 2 aromatic rings. The van der Waals surface area contributed by atoms with Gasteiger partial charge in [-0.25, -0.2) is 0 Å². The molecule has 1 aliphatic heterocycles. The van der Waals surface area contributed by atoms with Gasteiger partial charge in [0.2, 0.25) is 0 Å². The van der Waals surface area contributed by atoms with E-state index in [-0.39, 0.29) is 17.4 Å². The molecule has 0 radical (unpaired) electrons. The predicted octanol–water partition coefficient (Wildman–Crippen LogP) is 4.50. The Labute approximate surface area is 193 Å². The van der Waals surface area contributed by atoms with Gasteiger partial charge in [-0.3, -0.25) is 4.79 Å². The van der Waals surface area contributed by atoms with E-state index in [4.69, 9.17) is 21.1 Å². The van der Waals surface area contributed by atoms with Crippen molar-refractivity contribution < 1.29 is 14.3 Å². The van der Waals surface area contributed by atoms with Crippen LogP contribution in [0.25, 0.3) is 0 Å². The van der Waals surface area contributed by atoms with Crippen molar-refractivity contribution in [1.82, 2.24) is 4.57 Å². The number of hydrogen-bond acceptors (Lipinski definition) is 5. The molecule has 1 aromatic carbocycles. The zero-order valence-corrected chi connectivity index (χ0v) is 20.6. The average molecular weight is 466 g/mol. The first-order valence-electron chi connectivity index (χ1n) is 10.6. The van der Waals surface area contributed by atoms with Crippen LogP contribution >= 0.6 is 22.9 Å². The number of anilines is 1. The number of nitrogens with zero attached hydrogens (tertiary/aromatic N) is 3. The number of carbonyl (C=O) groups is 1. The largest absolute Gasteiger partial charge is 0.383 e. The van der Waals surface area contributed by atoms with E-state index >= 15 is 0 Å². The van der Waals surface area contributed by atoms with Crippen LogP contribution in [0.15, 0.2) is 29.4 Å². The Morgan fingerprint density at radius 2 is 2.19 bits per heavy atom. The first-order valence-corrected chi connectivity index (χ1v) is 11.8. The first kappa shape index (κ1) is 24.0. The molecule has 1 amide bonds. The molecule has 1 aliphatic rings. The summed E-state index contributed by atoms with van der Waals surface area (Å²) in [5.74, 6) is -0.301. The molecule has 1 aromatic heterocycles. The minimum absolute atomic E-state index is 0.0264. The van der Waals surface area contributed by atoms with Gasteiger partial charge in [0.15, 0.2) is 4.80 Å². The van der Waals surface area contributed by atoms with Gasteiger partial charge in [0, 0.05) is 49.1 Å². The average Bonchev–Trinajstić information content (AvgIpc) is 3.36. The van der Waals surface area contributed by atoms with Crippen molar-refractivity contribution in [3.05, 3.63) is 44.7 Å². The van der Waals surface area contributed by atoms with Gasteiger partial charge in [-0.1, -0.05) is 32.4 Å². The molecule has 0 bridgehead atoms. The van der Waals surface area contributed by atoms with Crippen molar-refractivity contribution >= 4 is 34.5 Å². The summed E-state index contributed by atoms with van der Waals surface area (Å²) in [4.78, 5) is 21.7. The summed E-state index contributed by atoms with van der Waals surface area (Å²) in [6, 6.07) is 5.34. The van der Waals surface area contributed by atoms with Gasteiger partial charge < -0.3 is 18.9 Å². The molecule has 1 atom stereocenters. The number of benzene rings is 1. The van der Waals surface area contributed by atoms with Crippen molar-refractivity contribution in [3.8, 4) is 0 Å². The van der Waals surface area contributed by atoms with Crippen LogP contribution in [0.1, 0.15) is 48.8 Å². The first-order chi connectivity index (χ1) is 14.7. The van der Waals surface area contributed by atoms with E-state index in [1.807, 2.05) is 18.0 Å². The van der Waals surface area contributed by atoms with E-state index in [9.17, 15) is 4.79 Å². The number of likely N-dealkylation sites (N-methyl/N-ethyl adjacent to an activating group) is 1. The number of aromatic nitrogens is 1. The summed E-state index contributed by atoms with van der Waals surface area (Å²) < 4.78 is 13.1. The molecule has 0 saturated carbocycles. The molecule has 0 aliphatic carbocycles. The molecule has 0 N–H and O–H groups in total. The lowest BCUT2D eigenvalue weighted by atomic mass is 9.95. The second kappa shape index (κ2) is 10.3. The summed E-state index contributed by atoms with van der Waals surface area (Å²) in [7, 11) is 3.59. The highest BCUT2D eigenvalue weighted by Crippen LogP contribution is 2.27. The topological polar surface area (TPSA) is 56.1 Å². The fourth-order valence-electron chi connectivity index (χ4n) is 3.46. The third-order valence-electron chi connectivity index (χ3n) is 5.31. The van der Waals surface area contributed by atoms with Crippen molar-refractivity contribution in [2.75, 3.05) is 38.8 Å². The van der Waals surface area contributed by atoms with Gasteiger partial charge in [-0.15, -0.1) is 11.3 Å². The van der Waals surface area contributed by atoms with E-state index in [2.05, 4.69) is 36.5 Å². The molecule has 6 nitrogen and oxygen atoms in total. The molecule has 1 saturated heterocycles. The number of rotatable bonds is 7. The molecule has 1 fully saturated rings. The van der Waals surface area contributed by atoms with Crippen LogP contribution < -0.4 is 9.70 Å². The van der Waals surface area contributed by atoms with Gasteiger partial charge in [-0.05, 0) is 36.5 Å². The number of carbonyl (C=O) groups excluding carboxylic acids is 1. The Morgan fingerprint density at radius 1 is 1.42 bits per heavy atom. The van der Waals surface area contributed by atoms with Gasteiger partial charge in [-0.2, -0.15) is 4.99 Å². The van der Waals surface area contributed by atoms with Crippen molar-refractivity contribution in [2.24, 2.45) is 4.99 Å². The van der Waals surface area contributed by atoms with Crippen LogP contribution in [-0.2, 0) is 21.4 Å². The van der Waals surface area contributed by atoms with Crippen LogP contribution in [0.5, 0.6) is 0 Å². The van der Waals surface area contributed by atoms with Gasteiger partial charge in [0.05, 0.1) is 24.8 Å². The van der Waals surface area contributed by atoms with Gasteiger partial charge in [0.25, 0.3) is 5.91 Å². The third-order valence-corrected chi connectivity index (χ3v) is 6.99. The highest BCUT2D eigenvalue weighted by molar-refractivity contribution is 7.09. The zero-order valence-electron chi connectivity index (χ0n) is 19.0. The fraction of sp³-hybridized carbons (Fsp3) is 0.565. The molecule has 0 spiro atoms. The van der Waals surface area contributed by atoms with Gasteiger partial charge >= 0.3 is 0 Å². The van der Waals surface area contributed by atoms with Gasteiger partial charge in [0.1, 0.15) is 0 Å². The monoisotopic (exact) mass is 465 g/mol. The van der Waals surface area contributed by atoms with Crippen LogP contribution in [0, 0.1) is 0 Å². The Morgan fingerprint density at radius 3 is 2.84 bits per heavy atom. The Bertz CT molecular complexity index is 971. The molecule has 0 unspecified atom stereocenters. The summed E-state index contributed by atoms with van der Waals surface area (Å²) in [6.45, 7) is 9.22. The Hall–Kier alpha value is -1.67. The smallest absolute Gasteiger partial charge is 0.281 e. The van der Waals surface area contributed by atoms with Crippen LogP contribution in [0.2, 0.25) is 5.02 Å². The highest BCUT2D eigenvalue weighted by Gasteiger charge is 2.22. The molecule has 2 heterocycles. The third kappa shape index (κ3) is 6.19. The van der Waals surface area contributed by atoms with E-state index in [0.717, 1.165) is 25.1 Å². The second-order valence-electron chi connectivity index (χ2n) is 8.91. The Kier molecular flexibility index (Phi) is 7.97. The summed E-state index contributed by atoms with van der Waals surface area (Å²) >= 11 is 7.78. The summed E-state index contributed by atoms with van der Waals surface area (Å²) in [6.07, 6.45) is 4.39. The Balaban J connectivity index is 1.99. The minimum atomic E-state index is -0.301. The number of halogens is 1. The summed E-state index contributed by atoms with van der Waals surface area (Å²) in [5, 5.41) is 0.510. The molecule has 8 heteroatoms. The molecule has 170 valence electrons. The second-order valence-corrected chi connectivity index (χ2v) is 10.4. The van der Waals surface area contributed by atoms with Crippen LogP contribution in [0.3, 0.4) is 0 Å². The van der Waals surface area contributed by atoms with Crippen molar-refractivity contribution in [3.63, 3.8) is 0 Å². The fourth-order valence-corrected chi connectivity index (χ4v) is 4.69. The SMILES string of the molecule is COCCN(C)c1ccc(Cl)cc1C(=O)/N=c1\sc(C(C)(C)C)cn1C[C@H]1CCCO1. The number of methoxy groups -OCH3 is 1. The molecule has 31 heavy (non-hydrogen) atoms. The van der Waals surface area contributed by atoms with E-state index in [0.29, 0.717) is 35.1 Å². The number of hydrogen-bond donors (Lipinski definition) is 0. The maximum Gasteiger partial charge on any atom is 0.281 e. The maximum atomic E-state index is 13.3. The lowest BCUT2D eigenvalue weighted by molar-refractivity contribution is 0.0949.